The van der Waals surface area contributed by atoms with Gasteiger partial charge in [-0.05, 0) is 19.1 Å². The molecule has 104 valence electrons. The number of hydrogen-bond donors (Lipinski definition) is 2. The molecule has 1 aromatic carbocycles. The summed E-state index contributed by atoms with van der Waals surface area (Å²) < 4.78 is 13.5. The Morgan fingerprint density at radius 3 is 2.65 bits per heavy atom. The summed E-state index contributed by atoms with van der Waals surface area (Å²) in [5.74, 6) is 0.117. The predicted molar refractivity (Wildman–Crippen MR) is 74.7 cm³/mol. The zero-order chi connectivity index (χ0) is 14.5. The van der Waals surface area contributed by atoms with Crippen molar-refractivity contribution in [1.29, 1.82) is 0 Å². The number of halogens is 1. The SMILES string of the molecule is CCNc1cc([N+](=O)[O-])cc(Nc2ccccc2F)n1. The highest BCUT2D eigenvalue weighted by Gasteiger charge is 2.12. The van der Waals surface area contributed by atoms with Gasteiger partial charge in [-0.15, -0.1) is 0 Å². The van der Waals surface area contributed by atoms with Gasteiger partial charge in [0.15, 0.2) is 0 Å². The van der Waals surface area contributed by atoms with Gasteiger partial charge in [-0.2, -0.15) is 0 Å². The Morgan fingerprint density at radius 1 is 1.30 bits per heavy atom. The van der Waals surface area contributed by atoms with Crippen LogP contribution in [0.3, 0.4) is 0 Å². The molecule has 0 radical (unpaired) electrons. The van der Waals surface area contributed by atoms with Crippen molar-refractivity contribution < 1.29 is 9.31 Å². The monoisotopic (exact) mass is 276 g/mol. The van der Waals surface area contributed by atoms with E-state index >= 15 is 0 Å². The maximum absolute atomic E-state index is 13.5. The number of benzene rings is 1. The summed E-state index contributed by atoms with van der Waals surface area (Å²) in [6.45, 7) is 2.43. The van der Waals surface area contributed by atoms with Crippen molar-refractivity contribution in [3.8, 4) is 0 Å². The molecule has 7 heteroatoms. The normalized spacial score (nSPS) is 10.1. The molecule has 0 fully saturated rings. The summed E-state index contributed by atoms with van der Waals surface area (Å²) in [5, 5.41) is 16.5. The van der Waals surface area contributed by atoms with Crippen LogP contribution in [0.4, 0.5) is 27.4 Å². The van der Waals surface area contributed by atoms with Crippen LogP contribution in [0.2, 0.25) is 0 Å². The third-order valence-corrected chi connectivity index (χ3v) is 2.52. The first kappa shape index (κ1) is 13.7. The van der Waals surface area contributed by atoms with E-state index in [2.05, 4.69) is 15.6 Å². The summed E-state index contributed by atoms with van der Waals surface area (Å²) >= 11 is 0. The van der Waals surface area contributed by atoms with E-state index in [1.54, 1.807) is 12.1 Å². The third-order valence-electron chi connectivity index (χ3n) is 2.52. The van der Waals surface area contributed by atoms with Crippen molar-refractivity contribution in [2.75, 3.05) is 17.2 Å². The number of para-hydroxylation sites is 1. The first-order valence-corrected chi connectivity index (χ1v) is 6.02. The fourth-order valence-electron chi connectivity index (χ4n) is 1.66. The Bertz CT molecular complexity index is 634. The molecule has 0 amide bonds. The quantitative estimate of drug-likeness (QED) is 0.647. The van der Waals surface area contributed by atoms with E-state index in [9.17, 15) is 14.5 Å². The van der Waals surface area contributed by atoms with Crippen LogP contribution in [0, 0.1) is 15.9 Å². The lowest BCUT2D eigenvalue weighted by Crippen LogP contribution is -2.04. The number of nitrogens with zero attached hydrogens (tertiary/aromatic N) is 2. The van der Waals surface area contributed by atoms with Gasteiger partial charge in [0.2, 0.25) is 0 Å². The van der Waals surface area contributed by atoms with Crippen molar-refractivity contribution in [2.45, 2.75) is 6.92 Å². The van der Waals surface area contributed by atoms with Crippen LogP contribution < -0.4 is 10.6 Å². The molecule has 0 bridgehead atoms. The lowest BCUT2D eigenvalue weighted by Gasteiger charge is -2.09. The number of nitro groups is 1. The Balaban J connectivity index is 2.35. The van der Waals surface area contributed by atoms with E-state index in [-0.39, 0.29) is 17.2 Å². The Hall–Kier alpha value is -2.70. The molecule has 0 saturated heterocycles. The minimum absolute atomic E-state index is 0.116. The summed E-state index contributed by atoms with van der Waals surface area (Å²) in [7, 11) is 0. The van der Waals surface area contributed by atoms with Crippen molar-refractivity contribution in [3.63, 3.8) is 0 Å². The lowest BCUT2D eigenvalue weighted by atomic mass is 10.3. The van der Waals surface area contributed by atoms with Crippen molar-refractivity contribution >= 4 is 23.0 Å². The first-order chi connectivity index (χ1) is 9.60. The van der Waals surface area contributed by atoms with Crippen molar-refractivity contribution in [3.05, 3.63) is 52.3 Å². The molecule has 0 aliphatic carbocycles. The van der Waals surface area contributed by atoms with E-state index in [1.807, 2.05) is 6.92 Å². The Morgan fingerprint density at radius 2 is 2.00 bits per heavy atom. The molecule has 0 unspecified atom stereocenters. The highest BCUT2D eigenvalue weighted by molar-refractivity contribution is 5.62. The van der Waals surface area contributed by atoms with Gasteiger partial charge in [0, 0.05) is 6.54 Å². The van der Waals surface area contributed by atoms with Crippen molar-refractivity contribution in [1.82, 2.24) is 4.98 Å². The second-order valence-corrected chi connectivity index (χ2v) is 3.99. The van der Waals surface area contributed by atoms with E-state index in [0.29, 0.717) is 12.4 Å². The summed E-state index contributed by atoms with van der Waals surface area (Å²) in [6.07, 6.45) is 0. The molecule has 2 rings (SSSR count). The highest BCUT2D eigenvalue weighted by Crippen LogP contribution is 2.24. The van der Waals surface area contributed by atoms with E-state index < -0.39 is 10.7 Å². The topological polar surface area (TPSA) is 80.1 Å². The summed E-state index contributed by atoms with van der Waals surface area (Å²) in [6, 6.07) is 8.64. The van der Waals surface area contributed by atoms with Crippen LogP contribution in [-0.2, 0) is 0 Å². The van der Waals surface area contributed by atoms with Crippen molar-refractivity contribution in [2.24, 2.45) is 0 Å². The molecule has 2 N–H and O–H groups in total. The lowest BCUT2D eigenvalue weighted by molar-refractivity contribution is -0.384. The highest BCUT2D eigenvalue weighted by atomic mass is 19.1. The minimum Gasteiger partial charge on any atom is -0.370 e. The van der Waals surface area contributed by atoms with Crippen LogP contribution in [-0.4, -0.2) is 16.5 Å². The fraction of sp³-hybridized carbons (Fsp3) is 0.154. The molecule has 0 spiro atoms. The smallest absolute Gasteiger partial charge is 0.276 e. The molecule has 6 nitrogen and oxygen atoms in total. The number of rotatable bonds is 5. The number of aromatic nitrogens is 1. The molecule has 0 aliphatic heterocycles. The van der Waals surface area contributed by atoms with E-state index in [4.69, 9.17) is 0 Å². The largest absolute Gasteiger partial charge is 0.370 e. The van der Waals surface area contributed by atoms with E-state index in [1.165, 1.54) is 24.3 Å². The molecular weight excluding hydrogens is 263 g/mol. The van der Waals surface area contributed by atoms with Gasteiger partial charge in [-0.3, -0.25) is 10.1 Å². The van der Waals surface area contributed by atoms with Crippen LogP contribution in [0.15, 0.2) is 36.4 Å². The zero-order valence-corrected chi connectivity index (χ0v) is 10.8. The summed E-state index contributed by atoms with van der Waals surface area (Å²) in [5.41, 5.74) is 0.0951. The van der Waals surface area contributed by atoms with Gasteiger partial charge >= 0.3 is 0 Å². The standard InChI is InChI=1S/C13H13FN4O2/c1-2-15-12-7-9(18(19)20)8-13(17-12)16-11-6-4-3-5-10(11)14/h3-8H,2H2,1H3,(H2,15,16,17). The third kappa shape index (κ3) is 3.19. The van der Waals surface area contributed by atoms with Gasteiger partial charge in [-0.25, -0.2) is 9.37 Å². The maximum atomic E-state index is 13.5. The zero-order valence-electron chi connectivity index (χ0n) is 10.8. The average Bonchev–Trinajstić information content (AvgIpc) is 2.41. The van der Waals surface area contributed by atoms with Gasteiger partial charge in [0.05, 0.1) is 22.7 Å². The average molecular weight is 276 g/mol. The Labute approximate surface area is 114 Å². The number of hydrogen-bond acceptors (Lipinski definition) is 5. The Kier molecular flexibility index (Phi) is 4.09. The maximum Gasteiger partial charge on any atom is 0.276 e. The van der Waals surface area contributed by atoms with E-state index in [0.717, 1.165) is 0 Å². The molecule has 0 atom stereocenters. The molecule has 20 heavy (non-hydrogen) atoms. The summed E-state index contributed by atoms with van der Waals surface area (Å²) in [4.78, 5) is 14.5. The minimum atomic E-state index is -0.519. The number of nitrogens with one attached hydrogen (secondary N) is 2. The first-order valence-electron chi connectivity index (χ1n) is 6.02. The second kappa shape index (κ2) is 5.96. The molecule has 1 aromatic heterocycles. The van der Waals surface area contributed by atoms with Gasteiger partial charge < -0.3 is 10.6 Å². The number of anilines is 3. The van der Waals surface area contributed by atoms with Crippen LogP contribution in [0.25, 0.3) is 0 Å². The molecular formula is C13H13FN4O2. The molecule has 0 aliphatic rings. The van der Waals surface area contributed by atoms with Crippen LogP contribution in [0.1, 0.15) is 6.92 Å². The van der Waals surface area contributed by atoms with Crippen LogP contribution in [0.5, 0.6) is 0 Å². The second-order valence-electron chi connectivity index (χ2n) is 3.99. The molecule has 0 saturated carbocycles. The molecule has 2 aromatic rings. The fourth-order valence-corrected chi connectivity index (χ4v) is 1.66. The van der Waals surface area contributed by atoms with Gasteiger partial charge in [-0.1, -0.05) is 12.1 Å². The molecule has 1 heterocycles. The van der Waals surface area contributed by atoms with Gasteiger partial charge in [0.1, 0.15) is 17.5 Å². The predicted octanol–water partition coefficient (Wildman–Crippen LogP) is 3.30. The van der Waals surface area contributed by atoms with Crippen LogP contribution >= 0.6 is 0 Å². The number of pyridine rings is 1. The van der Waals surface area contributed by atoms with Gasteiger partial charge in [0.25, 0.3) is 5.69 Å².